The second kappa shape index (κ2) is 7.03. The van der Waals surface area contributed by atoms with Gasteiger partial charge in [-0.3, -0.25) is 9.69 Å². The van der Waals surface area contributed by atoms with Crippen LogP contribution in [0.3, 0.4) is 0 Å². The van der Waals surface area contributed by atoms with E-state index in [2.05, 4.69) is 55.4 Å². The molecule has 0 aromatic rings. The number of nitrogens with zero attached hydrogens (tertiary/aromatic N) is 1. The fraction of sp³-hybridized carbons (Fsp3) is 0.947. The normalized spacial score (nSPS) is 35.7. The number of carboxylic acids is 1. The van der Waals surface area contributed by atoms with Gasteiger partial charge in [0.05, 0.1) is 5.92 Å². The highest BCUT2D eigenvalue weighted by atomic mass is 79.9. The van der Waals surface area contributed by atoms with E-state index in [-0.39, 0.29) is 17.0 Å². The molecule has 1 saturated heterocycles. The Morgan fingerprint density at radius 1 is 1.17 bits per heavy atom. The zero-order chi connectivity index (χ0) is 17.4. The first-order valence-corrected chi connectivity index (χ1v) is 10.1. The Labute approximate surface area is 150 Å². The van der Waals surface area contributed by atoms with E-state index in [1.54, 1.807) is 0 Å². The van der Waals surface area contributed by atoms with Crippen LogP contribution in [0, 0.1) is 17.8 Å². The third-order valence-corrected chi connectivity index (χ3v) is 6.81. The van der Waals surface area contributed by atoms with E-state index >= 15 is 0 Å². The van der Waals surface area contributed by atoms with E-state index in [1.165, 1.54) is 12.8 Å². The van der Waals surface area contributed by atoms with Gasteiger partial charge in [-0.05, 0) is 78.1 Å². The van der Waals surface area contributed by atoms with Crippen LogP contribution < -0.4 is 0 Å². The lowest BCUT2D eigenvalue weighted by atomic mass is 9.63. The van der Waals surface area contributed by atoms with Crippen LogP contribution in [0.15, 0.2) is 0 Å². The van der Waals surface area contributed by atoms with Gasteiger partial charge in [-0.1, -0.05) is 22.9 Å². The molecule has 1 saturated carbocycles. The first kappa shape index (κ1) is 19.2. The molecule has 0 aromatic heterocycles. The standard InChI is InChI=1S/C19H34BrNO2/c1-13(20)12-21-18(2,3)11-10-16(19(21,4)5)14-6-8-15(9-7-14)17(22)23/h13-16H,6-12H2,1-5H3,(H,22,23). The van der Waals surface area contributed by atoms with Crippen molar-refractivity contribution in [3.8, 4) is 0 Å². The first-order valence-electron chi connectivity index (χ1n) is 9.20. The molecule has 0 amide bonds. The summed E-state index contributed by atoms with van der Waals surface area (Å²) in [6.45, 7) is 12.9. The largest absolute Gasteiger partial charge is 0.481 e. The van der Waals surface area contributed by atoms with Crippen molar-refractivity contribution in [1.29, 1.82) is 0 Å². The van der Waals surface area contributed by atoms with Crippen molar-refractivity contribution in [3.05, 3.63) is 0 Å². The van der Waals surface area contributed by atoms with Crippen molar-refractivity contribution >= 4 is 21.9 Å². The Hall–Kier alpha value is -0.0900. The van der Waals surface area contributed by atoms with Crippen LogP contribution in [0.4, 0.5) is 0 Å². The van der Waals surface area contributed by atoms with Crippen molar-refractivity contribution in [2.45, 2.75) is 89.0 Å². The summed E-state index contributed by atoms with van der Waals surface area (Å²) in [6.07, 6.45) is 6.41. The SMILES string of the molecule is CC(Br)CN1C(C)(C)CCC(C2CCC(C(=O)O)CC2)C1(C)C. The van der Waals surface area contributed by atoms with Gasteiger partial charge in [-0.25, -0.2) is 0 Å². The summed E-state index contributed by atoms with van der Waals surface area (Å²) in [7, 11) is 0. The predicted molar refractivity (Wildman–Crippen MR) is 99.1 cm³/mol. The molecular weight excluding hydrogens is 354 g/mol. The lowest BCUT2D eigenvalue weighted by molar-refractivity contribution is -0.143. The van der Waals surface area contributed by atoms with E-state index in [0.717, 1.165) is 32.2 Å². The van der Waals surface area contributed by atoms with Gasteiger partial charge in [0.25, 0.3) is 0 Å². The van der Waals surface area contributed by atoms with E-state index in [1.807, 2.05) is 0 Å². The summed E-state index contributed by atoms with van der Waals surface area (Å²) < 4.78 is 0. The number of rotatable bonds is 4. The minimum atomic E-state index is -0.595. The molecule has 0 bridgehead atoms. The maximum atomic E-state index is 11.2. The van der Waals surface area contributed by atoms with Gasteiger partial charge in [0.1, 0.15) is 0 Å². The van der Waals surface area contributed by atoms with Gasteiger partial charge in [0, 0.05) is 22.4 Å². The smallest absolute Gasteiger partial charge is 0.306 e. The molecule has 0 radical (unpaired) electrons. The minimum absolute atomic E-state index is 0.104. The number of alkyl halides is 1. The summed E-state index contributed by atoms with van der Waals surface area (Å²) in [5.41, 5.74) is 0.408. The molecule has 2 atom stereocenters. The average Bonchev–Trinajstić information content (AvgIpc) is 2.43. The van der Waals surface area contributed by atoms with Crippen LogP contribution in [-0.4, -0.2) is 38.4 Å². The van der Waals surface area contributed by atoms with Gasteiger partial charge in [-0.2, -0.15) is 0 Å². The Balaban J connectivity index is 2.12. The van der Waals surface area contributed by atoms with Gasteiger partial charge >= 0.3 is 5.97 Å². The predicted octanol–water partition coefficient (Wildman–Crippen LogP) is 4.93. The number of hydrogen-bond acceptors (Lipinski definition) is 2. The monoisotopic (exact) mass is 387 g/mol. The van der Waals surface area contributed by atoms with Crippen molar-refractivity contribution in [3.63, 3.8) is 0 Å². The summed E-state index contributed by atoms with van der Waals surface area (Å²) in [4.78, 5) is 14.4. The Morgan fingerprint density at radius 2 is 1.74 bits per heavy atom. The van der Waals surface area contributed by atoms with Crippen LogP contribution in [0.1, 0.15) is 73.1 Å². The Morgan fingerprint density at radius 3 is 2.22 bits per heavy atom. The van der Waals surface area contributed by atoms with E-state index in [9.17, 15) is 9.90 Å². The number of halogens is 1. The average molecular weight is 388 g/mol. The lowest BCUT2D eigenvalue weighted by Gasteiger charge is -2.59. The third-order valence-electron chi connectivity index (χ3n) is 6.53. The van der Waals surface area contributed by atoms with Gasteiger partial charge in [0.2, 0.25) is 0 Å². The molecule has 0 aromatic carbocycles. The summed E-state index contributed by atoms with van der Waals surface area (Å²) in [6, 6.07) is 0. The third kappa shape index (κ3) is 4.12. The molecule has 0 spiro atoms. The van der Waals surface area contributed by atoms with Crippen molar-refractivity contribution < 1.29 is 9.90 Å². The summed E-state index contributed by atoms with van der Waals surface area (Å²) in [5.74, 6) is 0.664. The molecule has 1 N–H and O–H groups in total. The van der Waals surface area contributed by atoms with Crippen molar-refractivity contribution in [2.24, 2.45) is 17.8 Å². The molecule has 1 heterocycles. The number of aliphatic carboxylic acids is 1. The molecule has 23 heavy (non-hydrogen) atoms. The number of hydrogen-bond donors (Lipinski definition) is 1. The fourth-order valence-electron chi connectivity index (χ4n) is 5.29. The van der Waals surface area contributed by atoms with E-state index < -0.39 is 5.97 Å². The van der Waals surface area contributed by atoms with Gasteiger partial charge in [0.15, 0.2) is 0 Å². The number of carboxylic acid groups (broad SMARTS) is 1. The highest BCUT2D eigenvalue weighted by Crippen LogP contribution is 2.49. The van der Waals surface area contributed by atoms with Crippen LogP contribution in [0.25, 0.3) is 0 Å². The quantitative estimate of drug-likeness (QED) is 0.695. The summed E-state index contributed by atoms with van der Waals surface area (Å²) >= 11 is 3.75. The molecule has 2 aliphatic rings. The minimum Gasteiger partial charge on any atom is -0.481 e. The van der Waals surface area contributed by atoms with Gasteiger partial charge in [-0.15, -0.1) is 0 Å². The molecule has 1 aliphatic heterocycles. The van der Waals surface area contributed by atoms with Gasteiger partial charge < -0.3 is 5.11 Å². The maximum Gasteiger partial charge on any atom is 0.306 e. The van der Waals surface area contributed by atoms with Crippen LogP contribution in [0.5, 0.6) is 0 Å². The highest BCUT2D eigenvalue weighted by molar-refractivity contribution is 9.09. The lowest BCUT2D eigenvalue weighted by Crippen LogP contribution is -2.64. The van der Waals surface area contributed by atoms with E-state index in [0.29, 0.717) is 16.7 Å². The zero-order valence-electron chi connectivity index (χ0n) is 15.4. The highest BCUT2D eigenvalue weighted by Gasteiger charge is 2.49. The van der Waals surface area contributed by atoms with Crippen molar-refractivity contribution in [2.75, 3.05) is 6.54 Å². The van der Waals surface area contributed by atoms with E-state index in [4.69, 9.17) is 0 Å². The molecule has 2 fully saturated rings. The maximum absolute atomic E-state index is 11.2. The van der Waals surface area contributed by atoms with Crippen LogP contribution >= 0.6 is 15.9 Å². The van der Waals surface area contributed by atoms with Crippen molar-refractivity contribution in [1.82, 2.24) is 4.90 Å². The molecule has 2 rings (SSSR count). The number of likely N-dealkylation sites (tertiary alicyclic amines) is 1. The second-order valence-corrected chi connectivity index (χ2v) is 10.5. The molecular formula is C19H34BrNO2. The molecule has 134 valence electrons. The summed E-state index contributed by atoms with van der Waals surface area (Å²) in [5, 5.41) is 9.23. The topological polar surface area (TPSA) is 40.5 Å². The molecule has 4 heteroatoms. The fourth-order valence-corrected chi connectivity index (χ4v) is 5.58. The van der Waals surface area contributed by atoms with Crippen LogP contribution in [0.2, 0.25) is 0 Å². The molecule has 1 aliphatic carbocycles. The molecule has 3 nitrogen and oxygen atoms in total. The first-order chi connectivity index (χ1) is 10.6. The number of piperidine rings is 1. The Kier molecular flexibility index (Phi) is 5.88. The zero-order valence-corrected chi connectivity index (χ0v) is 17.0. The Bertz CT molecular complexity index is 425. The molecule has 2 unspecified atom stereocenters. The van der Waals surface area contributed by atoms with Crippen LogP contribution in [-0.2, 0) is 4.79 Å². The second-order valence-electron chi connectivity index (χ2n) is 8.95. The number of carbonyl (C=O) groups is 1.